The highest BCUT2D eigenvalue weighted by molar-refractivity contribution is 7.47. The van der Waals surface area contributed by atoms with E-state index in [0.29, 0.717) is 12.8 Å². The molecule has 0 amide bonds. The van der Waals surface area contributed by atoms with E-state index in [1.54, 1.807) is 0 Å². The van der Waals surface area contributed by atoms with Gasteiger partial charge in [0.25, 0.3) is 0 Å². The summed E-state index contributed by atoms with van der Waals surface area (Å²) in [5.74, 6) is -1.13. The molecule has 0 saturated heterocycles. The van der Waals surface area contributed by atoms with Gasteiger partial charge in [0.1, 0.15) is 43.2 Å². The molecule has 1 fully saturated rings. The van der Waals surface area contributed by atoms with Gasteiger partial charge in [0.2, 0.25) is 0 Å². The number of hydrogen-bond acceptors (Lipinski definition) is 12. The first-order valence-electron chi connectivity index (χ1n) is 22.9. The van der Waals surface area contributed by atoms with Crippen LogP contribution in [0.1, 0.15) is 174 Å². The second-order valence-electron chi connectivity index (χ2n) is 15.9. The van der Waals surface area contributed by atoms with Gasteiger partial charge in [-0.15, -0.1) is 0 Å². The number of hydrogen-bond donors (Lipinski definition) is 6. The monoisotopic (exact) mass is 873 g/mol. The van der Waals surface area contributed by atoms with Crippen LogP contribution in [0.15, 0.2) is 48.6 Å². The van der Waals surface area contributed by atoms with Crippen LogP contribution in [0.25, 0.3) is 0 Å². The zero-order chi connectivity index (χ0) is 44.3. The summed E-state index contributed by atoms with van der Waals surface area (Å²) < 4.78 is 33.5. The van der Waals surface area contributed by atoms with E-state index in [2.05, 4.69) is 62.5 Å². The summed E-state index contributed by atoms with van der Waals surface area (Å²) >= 11 is 0. The number of aliphatic hydroxyl groups excluding tert-OH is 5. The molecule has 60 heavy (non-hydrogen) atoms. The van der Waals surface area contributed by atoms with Crippen molar-refractivity contribution in [3.8, 4) is 0 Å². The van der Waals surface area contributed by atoms with Crippen LogP contribution in [-0.2, 0) is 32.7 Å². The SMILES string of the molecule is CC/C=C\C/C=C\C/C=C\CCCCCCCC(=O)OC[C@H](COP(=O)(O)OC1C(O)C(O)C(O)[C@@H](O)C1O)OC(=O)CCCCCCC/C=C\CCCCCCCCC. The van der Waals surface area contributed by atoms with E-state index < -0.39 is 75.7 Å². The van der Waals surface area contributed by atoms with Crippen molar-refractivity contribution in [2.45, 2.75) is 217 Å². The molecule has 1 saturated carbocycles. The van der Waals surface area contributed by atoms with E-state index in [-0.39, 0.29) is 12.8 Å². The lowest BCUT2D eigenvalue weighted by atomic mass is 9.85. The summed E-state index contributed by atoms with van der Waals surface area (Å²) in [6.45, 7) is 3.16. The Morgan fingerprint density at radius 3 is 1.47 bits per heavy atom. The lowest BCUT2D eigenvalue weighted by Crippen LogP contribution is -2.64. The number of esters is 2. The smallest absolute Gasteiger partial charge is 0.462 e. The van der Waals surface area contributed by atoms with Crippen molar-refractivity contribution in [1.82, 2.24) is 0 Å². The molecular formula is C46H81O13P. The minimum Gasteiger partial charge on any atom is -0.462 e. The average molecular weight is 873 g/mol. The number of carbonyl (C=O) groups is 2. The summed E-state index contributed by atoms with van der Waals surface area (Å²) in [6.07, 6.45) is 28.8. The van der Waals surface area contributed by atoms with Crippen LogP contribution in [0.4, 0.5) is 0 Å². The molecule has 0 radical (unpaired) electrons. The molecule has 13 nitrogen and oxygen atoms in total. The van der Waals surface area contributed by atoms with Gasteiger partial charge in [-0.3, -0.25) is 18.6 Å². The number of allylic oxidation sites excluding steroid dienone is 8. The second-order valence-corrected chi connectivity index (χ2v) is 17.3. The normalized spacial score (nSPS) is 22.6. The molecule has 0 aliphatic heterocycles. The molecule has 0 bridgehead atoms. The zero-order valence-corrected chi connectivity index (χ0v) is 37.6. The summed E-state index contributed by atoms with van der Waals surface area (Å²) in [4.78, 5) is 35.7. The molecule has 348 valence electrons. The number of unbranched alkanes of at least 4 members (excludes halogenated alkanes) is 17. The van der Waals surface area contributed by atoms with Gasteiger partial charge >= 0.3 is 19.8 Å². The number of aliphatic hydroxyl groups is 5. The molecule has 1 aliphatic rings. The van der Waals surface area contributed by atoms with E-state index in [1.807, 2.05) is 0 Å². The van der Waals surface area contributed by atoms with Gasteiger partial charge in [0.05, 0.1) is 6.61 Å². The van der Waals surface area contributed by atoms with E-state index in [0.717, 1.165) is 89.9 Å². The number of rotatable bonds is 37. The Morgan fingerprint density at radius 1 is 0.533 bits per heavy atom. The molecule has 0 aromatic heterocycles. The highest BCUT2D eigenvalue weighted by Gasteiger charge is 2.51. The van der Waals surface area contributed by atoms with Crippen molar-refractivity contribution in [2.75, 3.05) is 13.2 Å². The van der Waals surface area contributed by atoms with Crippen molar-refractivity contribution >= 4 is 19.8 Å². The summed E-state index contributed by atoms with van der Waals surface area (Å²) in [5.41, 5.74) is 0. The molecule has 0 heterocycles. The first-order chi connectivity index (χ1) is 28.9. The molecule has 6 N–H and O–H groups in total. The van der Waals surface area contributed by atoms with Crippen LogP contribution in [0.3, 0.4) is 0 Å². The Morgan fingerprint density at radius 2 is 0.950 bits per heavy atom. The summed E-state index contributed by atoms with van der Waals surface area (Å²) in [7, 11) is -5.12. The number of phosphoric ester groups is 1. The molecule has 0 spiro atoms. The zero-order valence-electron chi connectivity index (χ0n) is 36.7. The Bertz CT molecular complexity index is 1240. The van der Waals surface area contributed by atoms with Gasteiger partial charge in [0.15, 0.2) is 6.10 Å². The molecule has 1 aliphatic carbocycles. The fraction of sp³-hybridized carbons (Fsp3) is 0.783. The summed E-state index contributed by atoms with van der Waals surface area (Å²) in [5, 5.41) is 50.1. The Balaban J connectivity index is 2.48. The van der Waals surface area contributed by atoms with Gasteiger partial charge in [-0.25, -0.2) is 4.57 Å². The predicted octanol–water partition coefficient (Wildman–Crippen LogP) is 8.78. The van der Waals surface area contributed by atoms with E-state index in [1.165, 1.54) is 44.9 Å². The second kappa shape index (κ2) is 36.3. The third kappa shape index (κ3) is 28.4. The fourth-order valence-corrected chi connectivity index (χ4v) is 7.68. The molecule has 8 atom stereocenters. The van der Waals surface area contributed by atoms with Crippen molar-refractivity contribution < 1.29 is 63.1 Å². The quantitative estimate of drug-likeness (QED) is 0.0149. The van der Waals surface area contributed by atoms with Gasteiger partial charge in [0, 0.05) is 12.8 Å². The third-order valence-corrected chi connectivity index (χ3v) is 11.4. The van der Waals surface area contributed by atoms with Crippen molar-refractivity contribution in [1.29, 1.82) is 0 Å². The maximum atomic E-state index is 12.8. The molecular weight excluding hydrogens is 791 g/mol. The minimum absolute atomic E-state index is 0.0818. The lowest BCUT2D eigenvalue weighted by Gasteiger charge is -2.41. The topological polar surface area (TPSA) is 210 Å². The Hall–Kier alpha value is -2.19. The van der Waals surface area contributed by atoms with Gasteiger partial charge in [-0.05, 0) is 70.6 Å². The number of ether oxygens (including phenoxy) is 2. The van der Waals surface area contributed by atoms with Gasteiger partial charge < -0.3 is 39.9 Å². The van der Waals surface area contributed by atoms with Crippen LogP contribution in [-0.4, -0.2) is 98.3 Å². The molecule has 14 heteroatoms. The minimum atomic E-state index is -5.12. The van der Waals surface area contributed by atoms with E-state index in [9.17, 15) is 44.6 Å². The molecule has 1 rings (SSSR count). The number of phosphoric acid groups is 1. The maximum absolute atomic E-state index is 12.8. The lowest BCUT2D eigenvalue weighted by molar-refractivity contribution is -0.220. The van der Waals surface area contributed by atoms with Crippen LogP contribution in [0.5, 0.6) is 0 Å². The van der Waals surface area contributed by atoms with Crippen molar-refractivity contribution in [2.24, 2.45) is 0 Å². The van der Waals surface area contributed by atoms with Crippen LogP contribution < -0.4 is 0 Å². The van der Waals surface area contributed by atoms with Crippen molar-refractivity contribution in [3.05, 3.63) is 48.6 Å². The number of carbonyl (C=O) groups excluding carboxylic acids is 2. The fourth-order valence-electron chi connectivity index (χ4n) is 6.71. The van der Waals surface area contributed by atoms with Gasteiger partial charge in [-0.2, -0.15) is 0 Å². The summed E-state index contributed by atoms with van der Waals surface area (Å²) in [6, 6.07) is 0. The van der Waals surface area contributed by atoms with E-state index >= 15 is 0 Å². The van der Waals surface area contributed by atoms with Gasteiger partial charge in [-0.1, -0.05) is 140 Å². The average Bonchev–Trinajstić information content (AvgIpc) is 3.23. The molecule has 0 aromatic rings. The Kier molecular flexibility index (Phi) is 33.8. The molecule has 0 aromatic carbocycles. The maximum Gasteiger partial charge on any atom is 0.472 e. The standard InChI is InChI=1S/C46H81O13P/c1-3-5-7-9-11-13-15-17-19-21-23-25-27-29-31-33-35-40(48)58-38(37-57-60(54,55)59-46-44(52)42(50)41(49)43(51)45(46)53)36-56-39(47)34-32-30-28-26-24-22-20-18-16-14-12-10-8-6-4-2/h6,8,12,14,18-21,38,41-46,49-53H,3-5,7,9-11,13,15-17,22-37H2,1-2H3,(H,54,55)/b8-6-,14-12-,20-18-,21-19-/t38-,41?,42-,43?,44?,45?,46?/m1/s1. The predicted molar refractivity (Wildman–Crippen MR) is 235 cm³/mol. The molecule has 6 unspecified atom stereocenters. The third-order valence-electron chi connectivity index (χ3n) is 10.4. The largest absolute Gasteiger partial charge is 0.472 e. The first-order valence-corrected chi connectivity index (χ1v) is 24.4. The Labute approximate surface area is 360 Å². The van der Waals surface area contributed by atoms with E-state index in [4.69, 9.17) is 18.5 Å². The highest BCUT2D eigenvalue weighted by Crippen LogP contribution is 2.47. The highest BCUT2D eigenvalue weighted by atomic mass is 31.2. The van der Waals surface area contributed by atoms with Crippen molar-refractivity contribution in [3.63, 3.8) is 0 Å². The first kappa shape index (κ1) is 55.8. The van der Waals surface area contributed by atoms with Crippen LogP contribution in [0, 0.1) is 0 Å². The van der Waals surface area contributed by atoms with Crippen LogP contribution >= 0.6 is 7.82 Å². The van der Waals surface area contributed by atoms with Crippen LogP contribution in [0.2, 0.25) is 0 Å².